The Labute approximate surface area is 182 Å². The Balaban J connectivity index is 1.53. The number of hydrogen-bond donors (Lipinski definition) is 0. The van der Waals surface area contributed by atoms with Crippen LogP contribution in [0.4, 0.5) is 5.82 Å². The number of carbonyl (C=O) groups excluding carboxylic acids is 1. The average molecular weight is 460 g/mol. The largest absolute Gasteiger partial charge is 0.354 e. The van der Waals surface area contributed by atoms with Gasteiger partial charge < -0.3 is 9.80 Å². The second kappa shape index (κ2) is 9.67. The van der Waals surface area contributed by atoms with Crippen LogP contribution in [-0.4, -0.2) is 65.4 Å². The summed E-state index contributed by atoms with van der Waals surface area (Å²) in [6, 6.07) is 10.1. The van der Waals surface area contributed by atoms with Gasteiger partial charge in [0.05, 0.1) is 6.54 Å². The van der Waals surface area contributed by atoms with E-state index < -0.39 is 0 Å². The number of anilines is 1. The summed E-state index contributed by atoms with van der Waals surface area (Å²) in [6.45, 7) is 10.8. The fourth-order valence-corrected chi connectivity index (χ4v) is 3.82. The molecule has 1 aromatic heterocycles. The maximum atomic E-state index is 12.7. The predicted molar refractivity (Wildman–Crippen MR) is 120 cm³/mol. The van der Waals surface area contributed by atoms with Crippen molar-refractivity contribution in [2.45, 2.75) is 33.2 Å². The van der Waals surface area contributed by atoms with Gasteiger partial charge in [0.1, 0.15) is 11.6 Å². The number of carbonyl (C=O) groups is 1. The normalized spacial score (nSPS) is 15.0. The Hall–Kier alpha value is -1.99. The van der Waals surface area contributed by atoms with Gasteiger partial charge in [-0.2, -0.15) is 0 Å². The molecule has 0 unspecified atom stereocenters. The van der Waals surface area contributed by atoms with Gasteiger partial charge in [-0.15, -0.1) is 0 Å². The Kier molecular flexibility index (Phi) is 7.24. The lowest BCUT2D eigenvalue weighted by Crippen LogP contribution is -2.50. The first-order chi connectivity index (χ1) is 13.8. The van der Waals surface area contributed by atoms with Gasteiger partial charge in [0.2, 0.25) is 5.91 Å². The molecule has 1 aromatic carbocycles. The van der Waals surface area contributed by atoms with Gasteiger partial charge in [0.25, 0.3) is 0 Å². The molecule has 1 aliphatic heterocycles. The number of hydrogen-bond acceptors (Lipinski definition) is 5. The summed E-state index contributed by atoms with van der Waals surface area (Å²) < 4.78 is 1.04. The minimum absolute atomic E-state index is 0.147. The molecule has 29 heavy (non-hydrogen) atoms. The maximum Gasteiger partial charge on any atom is 0.236 e. The zero-order valence-electron chi connectivity index (χ0n) is 17.7. The Morgan fingerprint density at radius 1 is 1.17 bits per heavy atom. The van der Waals surface area contributed by atoms with Crippen molar-refractivity contribution >= 4 is 27.7 Å². The highest BCUT2D eigenvalue weighted by Crippen LogP contribution is 2.19. The van der Waals surface area contributed by atoms with Crippen molar-refractivity contribution in [2.24, 2.45) is 0 Å². The summed E-state index contributed by atoms with van der Waals surface area (Å²) in [4.78, 5) is 28.3. The lowest BCUT2D eigenvalue weighted by atomic mass is 10.2. The van der Waals surface area contributed by atoms with Gasteiger partial charge in [-0.3, -0.25) is 9.69 Å². The van der Waals surface area contributed by atoms with Crippen molar-refractivity contribution in [3.05, 3.63) is 51.9 Å². The molecule has 0 saturated carbocycles. The zero-order chi connectivity index (χ0) is 21.0. The minimum atomic E-state index is 0.147. The van der Waals surface area contributed by atoms with E-state index in [1.165, 1.54) is 0 Å². The molecule has 2 heterocycles. The zero-order valence-corrected chi connectivity index (χ0v) is 19.3. The second-order valence-corrected chi connectivity index (χ2v) is 8.84. The molecule has 2 aromatic rings. The maximum absolute atomic E-state index is 12.7. The number of benzene rings is 1. The number of aryl methyl sites for hydroxylation is 1. The molecule has 7 heteroatoms. The van der Waals surface area contributed by atoms with Crippen LogP contribution in [0.1, 0.15) is 36.8 Å². The smallest absolute Gasteiger partial charge is 0.236 e. The number of amides is 1. The minimum Gasteiger partial charge on any atom is -0.354 e. The molecule has 0 aliphatic carbocycles. The summed E-state index contributed by atoms with van der Waals surface area (Å²) in [6.07, 6.45) is 0. The highest BCUT2D eigenvalue weighted by Gasteiger charge is 2.22. The van der Waals surface area contributed by atoms with Crippen LogP contribution >= 0.6 is 15.9 Å². The molecule has 1 fully saturated rings. The van der Waals surface area contributed by atoms with Crippen LogP contribution in [0.25, 0.3) is 0 Å². The lowest BCUT2D eigenvalue weighted by Gasteiger charge is -2.36. The van der Waals surface area contributed by atoms with E-state index in [0.717, 1.165) is 53.6 Å². The van der Waals surface area contributed by atoms with Crippen LogP contribution in [0, 0.1) is 6.92 Å². The van der Waals surface area contributed by atoms with Crippen molar-refractivity contribution in [3.8, 4) is 0 Å². The predicted octanol–water partition coefficient (Wildman–Crippen LogP) is 3.45. The molecule has 1 amide bonds. The van der Waals surface area contributed by atoms with E-state index in [1.807, 2.05) is 38.2 Å². The first kappa shape index (κ1) is 21.7. The average Bonchev–Trinajstić information content (AvgIpc) is 2.69. The molecule has 0 N–H and O–H groups in total. The van der Waals surface area contributed by atoms with Crippen LogP contribution in [0.5, 0.6) is 0 Å². The quantitative estimate of drug-likeness (QED) is 0.661. The lowest BCUT2D eigenvalue weighted by molar-refractivity contribution is -0.131. The number of piperazine rings is 1. The van der Waals surface area contributed by atoms with Gasteiger partial charge >= 0.3 is 0 Å². The monoisotopic (exact) mass is 459 g/mol. The van der Waals surface area contributed by atoms with E-state index in [-0.39, 0.29) is 5.91 Å². The van der Waals surface area contributed by atoms with Gasteiger partial charge in [-0.25, -0.2) is 9.97 Å². The fourth-order valence-electron chi connectivity index (χ4n) is 3.41. The second-order valence-electron chi connectivity index (χ2n) is 7.98. The highest BCUT2D eigenvalue weighted by atomic mass is 79.9. The van der Waals surface area contributed by atoms with Crippen molar-refractivity contribution in [2.75, 3.05) is 44.7 Å². The SMILES string of the molecule is Cc1cc(N2CCN(CC(=O)N(C)Cc3ccccc3Br)CC2)nc(C(C)C)n1. The van der Waals surface area contributed by atoms with Gasteiger partial charge in [0.15, 0.2) is 0 Å². The Morgan fingerprint density at radius 3 is 2.52 bits per heavy atom. The van der Waals surface area contributed by atoms with Crippen LogP contribution in [0.15, 0.2) is 34.8 Å². The summed E-state index contributed by atoms with van der Waals surface area (Å²) >= 11 is 3.56. The van der Waals surface area contributed by atoms with Crippen molar-refractivity contribution in [3.63, 3.8) is 0 Å². The molecule has 3 rings (SSSR count). The van der Waals surface area contributed by atoms with Crippen LogP contribution in [0.3, 0.4) is 0 Å². The van der Waals surface area contributed by atoms with E-state index in [4.69, 9.17) is 4.98 Å². The number of halogens is 1. The number of likely N-dealkylation sites (N-methyl/N-ethyl adjacent to an activating group) is 1. The van der Waals surface area contributed by atoms with Crippen LogP contribution in [0.2, 0.25) is 0 Å². The number of nitrogens with zero attached hydrogens (tertiary/aromatic N) is 5. The first-order valence-corrected chi connectivity index (χ1v) is 10.9. The molecule has 0 spiro atoms. The Bertz CT molecular complexity index is 849. The van der Waals surface area contributed by atoms with Crippen molar-refractivity contribution in [1.82, 2.24) is 19.8 Å². The standard InChI is InChI=1S/C22H30BrN5O/c1-16(2)22-24-17(3)13-20(25-22)28-11-9-27(10-12-28)15-21(29)26(4)14-18-7-5-6-8-19(18)23/h5-8,13,16H,9-12,14-15H2,1-4H3. The Morgan fingerprint density at radius 2 is 1.86 bits per heavy atom. The van der Waals surface area contributed by atoms with E-state index in [2.05, 4.69) is 50.6 Å². The van der Waals surface area contributed by atoms with Crippen LogP contribution in [-0.2, 0) is 11.3 Å². The third kappa shape index (κ3) is 5.76. The summed E-state index contributed by atoms with van der Waals surface area (Å²) in [5.41, 5.74) is 2.12. The first-order valence-electron chi connectivity index (χ1n) is 10.1. The van der Waals surface area contributed by atoms with Crippen LogP contribution < -0.4 is 4.90 Å². The molecule has 6 nitrogen and oxygen atoms in total. The van der Waals surface area contributed by atoms with Crippen molar-refractivity contribution in [1.29, 1.82) is 0 Å². The fraction of sp³-hybridized carbons (Fsp3) is 0.500. The third-order valence-corrected chi connectivity index (χ3v) is 5.99. The summed E-state index contributed by atoms with van der Waals surface area (Å²) in [5, 5.41) is 0. The number of rotatable bonds is 6. The van der Waals surface area contributed by atoms with E-state index in [1.54, 1.807) is 4.90 Å². The summed E-state index contributed by atoms with van der Waals surface area (Å²) in [7, 11) is 1.87. The van der Waals surface area contributed by atoms with Gasteiger partial charge in [-0.1, -0.05) is 48.0 Å². The molecule has 1 aliphatic rings. The number of aromatic nitrogens is 2. The topological polar surface area (TPSA) is 52.6 Å². The van der Waals surface area contributed by atoms with E-state index >= 15 is 0 Å². The molecule has 0 bridgehead atoms. The molecule has 156 valence electrons. The molecular weight excluding hydrogens is 430 g/mol. The van der Waals surface area contributed by atoms with Gasteiger partial charge in [0, 0.05) is 61.9 Å². The third-order valence-electron chi connectivity index (χ3n) is 5.22. The van der Waals surface area contributed by atoms with E-state index in [9.17, 15) is 4.79 Å². The molecule has 1 saturated heterocycles. The highest BCUT2D eigenvalue weighted by molar-refractivity contribution is 9.10. The summed E-state index contributed by atoms with van der Waals surface area (Å²) in [5.74, 6) is 2.35. The van der Waals surface area contributed by atoms with E-state index in [0.29, 0.717) is 19.0 Å². The molecule has 0 atom stereocenters. The molecule has 0 radical (unpaired) electrons. The van der Waals surface area contributed by atoms with Gasteiger partial charge in [-0.05, 0) is 18.6 Å². The van der Waals surface area contributed by atoms with Crippen molar-refractivity contribution < 1.29 is 4.79 Å². The molecular formula is C22H30BrN5O.